The van der Waals surface area contributed by atoms with Crippen molar-refractivity contribution in [3.8, 4) is 22.5 Å². The molecule has 0 spiro atoms. The van der Waals surface area contributed by atoms with E-state index in [1.54, 1.807) is 12.1 Å². The largest absolute Gasteiger partial charge is 0.341 e. The predicted molar refractivity (Wildman–Crippen MR) is 166 cm³/mol. The molecule has 4 heterocycles. The molecular formula is C34H36ClN5O2. The van der Waals surface area contributed by atoms with Crippen LogP contribution in [-0.2, 0) is 0 Å². The molecule has 0 unspecified atom stereocenters. The van der Waals surface area contributed by atoms with Crippen LogP contribution in [0.3, 0.4) is 0 Å². The van der Waals surface area contributed by atoms with Crippen LogP contribution < -0.4 is 0 Å². The number of pyridine rings is 1. The van der Waals surface area contributed by atoms with Crippen molar-refractivity contribution in [3.05, 3.63) is 94.5 Å². The second kappa shape index (κ2) is 12.6. The number of hydrogen-bond acceptors (Lipinski definition) is 5. The number of likely N-dealkylation sites (tertiary alicyclic amines) is 1. The van der Waals surface area contributed by atoms with Crippen molar-refractivity contribution < 1.29 is 9.59 Å². The van der Waals surface area contributed by atoms with Gasteiger partial charge in [0.15, 0.2) is 0 Å². The molecule has 2 aromatic carbocycles. The first-order valence-electron chi connectivity index (χ1n) is 14.9. The molecule has 1 N–H and O–H groups in total. The van der Waals surface area contributed by atoms with E-state index in [-0.39, 0.29) is 11.8 Å². The Bertz CT molecular complexity index is 1540. The van der Waals surface area contributed by atoms with Gasteiger partial charge in [-0.25, -0.2) is 4.98 Å². The minimum Gasteiger partial charge on any atom is -0.341 e. The highest BCUT2D eigenvalue weighted by atomic mass is 35.5. The lowest BCUT2D eigenvalue weighted by molar-refractivity contribution is 0.0651. The van der Waals surface area contributed by atoms with Gasteiger partial charge in [0.2, 0.25) is 0 Å². The molecule has 0 bridgehead atoms. The molecule has 2 aliphatic rings. The van der Waals surface area contributed by atoms with E-state index in [1.807, 2.05) is 55.7 Å². The molecule has 0 aliphatic carbocycles. The number of fused-ring (bicyclic) bond motifs is 1. The second-order valence-corrected chi connectivity index (χ2v) is 11.8. The Kier molecular flexibility index (Phi) is 8.49. The van der Waals surface area contributed by atoms with Crippen LogP contribution >= 0.6 is 11.6 Å². The van der Waals surface area contributed by atoms with Crippen molar-refractivity contribution >= 4 is 23.4 Å². The molecule has 42 heavy (non-hydrogen) atoms. The number of amides is 2. The number of unbranched alkanes of at least 4 members (excludes halogenated alkanes) is 3. The van der Waals surface area contributed by atoms with Crippen LogP contribution in [0.15, 0.2) is 67.0 Å². The molecule has 2 aromatic heterocycles. The van der Waals surface area contributed by atoms with Crippen molar-refractivity contribution in [1.29, 1.82) is 0 Å². The summed E-state index contributed by atoms with van der Waals surface area (Å²) in [6, 6.07) is 17.3. The number of carbonyl (C=O) groups is 2. The van der Waals surface area contributed by atoms with Gasteiger partial charge in [0.25, 0.3) is 11.8 Å². The molecule has 6 rings (SSSR count). The maximum absolute atomic E-state index is 12.5. The fourth-order valence-corrected chi connectivity index (χ4v) is 6.27. The summed E-state index contributed by atoms with van der Waals surface area (Å²) in [6.07, 6.45) is 9.83. The normalized spacial score (nSPS) is 15.9. The van der Waals surface area contributed by atoms with Crippen LogP contribution in [0, 0.1) is 6.92 Å². The molecule has 1 saturated heterocycles. The Morgan fingerprint density at radius 3 is 2.19 bits per heavy atom. The Hall–Kier alpha value is -3.81. The zero-order valence-electron chi connectivity index (χ0n) is 24.0. The third-order valence-corrected chi connectivity index (χ3v) is 9.00. The lowest BCUT2D eigenvalue weighted by atomic mass is 9.96. The van der Waals surface area contributed by atoms with Crippen LogP contribution in [0.4, 0.5) is 0 Å². The minimum absolute atomic E-state index is 0.155. The number of H-pyrrole nitrogens is 1. The standard InChI is InChI=1S/C34H36ClN5O2/c1-23-10-11-26(22-29(23)35)31-30(24-12-16-36-17-13-24)37-32(38-31)25-14-20-39(21-15-25)18-6-2-3-7-19-40-33(41)27-8-4-5-9-28(27)34(40)42/h4-5,8-13,16-17,22,25H,2-3,6-7,14-15,18-21H2,1H3,(H,37,38). The van der Waals surface area contributed by atoms with Crippen LogP contribution in [0.2, 0.25) is 5.02 Å². The molecule has 8 heteroatoms. The Balaban J connectivity index is 0.990. The van der Waals surface area contributed by atoms with Crippen molar-refractivity contribution in [2.24, 2.45) is 0 Å². The van der Waals surface area contributed by atoms with Crippen LogP contribution in [0.1, 0.15) is 76.5 Å². The third-order valence-electron chi connectivity index (χ3n) is 8.59. The predicted octanol–water partition coefficient (Wildman–Crippen LogP) is 7.14. The summed E-state index contributed by atoms with van der Waals surface area (Å²) in [5.41, 5.74) is 6.14. The minimum atomic E-state index is -0.155. The zero-order chi connectivity index (χ0) is 29.1. The first kappa shape index (κ1) is 28.3. The smallest absolute Gasteiger partial charge is 0.261 e. The monoisotopic (exact) mass is 581 g/mol. The Morgan fingerprint density at radius 1 is 0.857 bits per heavy atom. The zero-order valence-corrected chi connectivity index (χ0v) is 24.7. The first-order valence-corrected chi connectivity index (χ1v) is 15.3. The Labute approximate surface area is 251 Å². The van der Waals surface area contributed by atoms with E-state index in [0.29, 0.717) is 23.6 Å². The van der Waals surface area contributed by atoms with Gasteiger partial charge >= 0.3 is 0 Å². The van der Waals surface area contributed by atoms with E-state index in [0.717, 1.165) is 97.1 Å². The molecule has 0 atom stereocenters. The highest BCUT2D eigenvalue weighted by Crippen LogP contribution is 2.36. The number of imide groups is 1. The average molecular weight is 582 g/mol. The van der Waals surface area contributed by atoms with Gasteiger partial charge in [-0.2, -0.15) is 0 Å². The summed E-state index contributed by atoms with van der Waals surface area (Å²) in [4.78, 5) is 42.0. The first-order chi connectivity index (χ1) is 20.5. The van der Waals surface area contributed by atoms with Crippen LogP contribution in [0.5, 0.6) is 0 Å². The number of imidazole rings is 1. The van der Waals surface area contributed by atoms with Gasteiger partial charge in [-0.05, 0) is 88.1 Å². The molecule has 2 aliphatic heterocycles. The molecule has 4 aromatic rings. The average Bonchev–Trinajstić information content (AvgIpc) is 3.57. The maximum Gasteiger partial charge on any atom is 0.261 e. The molecule has 0 radical (unpaired) electrons. The number of rotatable bonds is 10. The number of nitrogens with one attached hydrogen (secondary N) is 1. The highest BCUT2D eigenvalue weighted by molar-refractivity contribution is 6.31. The summed E-state index contributed by atoms with van der Waals surface area (Å²) in [6.45, 7) is 5.69. The summed E-state index contributed by atoms with van der Waals surface area (Å²) in [5, 5.41) is 0.745. The number of piperidine rings is 1. The van der Waals surface area contributed by atoms with E-state index < -0.39 is 0 Å². The highest BCUT2D eigenvalue weighted by Gasteiger charge is 2.34. The fourth-order valence-electron chi connectivity index (χ4n) is 6.09. The number of halogens is 1. The van der Waals surface area contributed by atoms with E-state index in [9.17, 15) is 9.59 Å². The van der Waals surface area contributed by atoms with Gasteiger partial charge in [-0.1, -0.05) is 48.7 Å². The SMILES string of the molecule is Cc1ccc(-c2nc(C3CCN(CCCCCCN4C(=O)c5ccccc5C4=O)CC3)[nH]c2-c2ccncc2)cc1Cl. The number of aryl methyl sites for hydroxylation is 1. The van der Waals surface area contributed by atoms with Crippen molar-refractivity contribution in [2.75, 3.05) is 26.2 Å². The molecule has 7 nitrogen and oxygen atoms in total. The lowest BCUT2D eigenvalue weighted by Crippen LogP contribution is -2.34. The van der Waals surface area contributed by atoms with Gasteiger partial charge in [0.05, 0.1) is 22.5 Å². The van der Waals surface area contributed by atoms with E-state index >= 15 is 0 Å². The van der Waals surface area contributed by atoms with Crippen molar-refractivity contribution in [3.63, 3.8) is 0 Å². The molecular weight excluding hydrogens is 546 g/mol. The lowest BCUT2D eigenvalue weighted by Gasteiger charge is -2.31. The summed E-state index contributed by atoms with van der Waals surface area (Å²) < 4.78 is 0. The maximum atomic E-state index is 12.5. The van der Waals surface area contributed by atoms with Gasteiger partial charge in [-0.15, -0.1) is 0 Å². The van der Waals surface area contributed by atoms with Crippen LogP contribution in [-0.4, -0.2) is 62.7 Å². The number of nitrogens with zero attached hydrogens (tertiary/aromatic N) is 4. The van der Waals surface area contributed by atoms with Crippen molar-refractivity contribution in [1.82, 2.24) is 24.8 Å². The number of aromatic amines is 1. The van der Waals surface area contributed by atoms with Gasteiger partial charge < -0.3 is 9.88 Å². The summed E-state index contributed by atoms with van der Waals surface area (Å²) in [5.74, 6) is 1.12. The Morgan fingerprint density at radius 2 is 1.52 bits per heavy atom. The van der Waals surface area contributed by atoms with Gasteiger partial charge in [0.1, 0.15) is 5.82 Å². The number of carbonyl (C=O) groups excluding carboxylic acids is 2. The number of aromatic nitrogens is 3. The number of benzene rings is 2. The molecule has 2 amide bonds. The van der Waals surface area contributed by atoms with Crippen molar-refractivity contribution in [2.45, 2.75) is 51.4 Å². The molecule has 1 fully saturated rings. The number of hydrogen-bond donors (Lipinski definition) is 1. The quantitative estimate of drug-likeness (QED) is 0.159. The topological polar surface area (TPSA) is 82.2 Å². The fraction of sp³-hybridized carbons (Fsp3) is 0.353. The van der Waals surface area contributed by atoms with E-state index in [1.165, 1.54) is 4.90 Å². The third kappa shape index (κ3) is 5.90. The van der Waals surface area contributed by atoms with E-state index in [2.05, 4.69) is 20.9 Å². The molecule has 0 saturated carbocycles. The van der Waals surface area contributed by atoms with Gasteiger partial charge in [-0.3, -0.25) is 19.5 Å². The molecule has 216 valence electrons. The second-order valence-electron chi connectivity index (χ2n) is 11.4. The summed E-state index contributed by atoms with van der Waals surface area (Å²) in [7, 11) is 0. The van der Waals surface area contributed by atoms with E-state index in [4.69, 9.17) is 16.6 Å². The van der Waals surface area contributed by atoms with Gasteiger partial charge in [0, 0.05) is 41.0 Å². The van der Waals surface area contributed by atoms with Crippen LogP contribution in [0.25, 0.3) is 22.5 Å². The summed E-state index contributed by atoms with van der Waals surface area (Å²) >= 11 is 6.48.